The summed E-state index contributed by atoms with van der Waals surface area (Å²) in [6.07, 6.45) is 1.18. The molecule has 35 heavy (non-hydrogen) atoms. The van der Waals surface area contributed by atoms with Crippen molar-refractivity contribution in [3.8, 4) is 28.4 Å². The number of likely N-dealkylation sites (N-methyl/N-ethyl adjacent to an activating group) is 1. The monoisotopic (exact) mass is 482 g/mol. The summed E-state index contributed by atoms with van der Waals surface area (Å²) in [5.74, 6) is 2.50. The molecule has 10 nitrogen and oxygen atoms in total. The quantitative estimate of drug-likeness (QED) is 0.336. The average molecular weight is 483 g/mol. The zero-order valence-electron chi connectivity index (χ0n) is 20.7. The van der Waals surface area contributed by atoms with Crippen LogP contribution in [0.4, 0.5) is 11.5 Å². The van der Waals surface area contributed by atoms with Gasteiger partial charge >= 0.3 is 0 Å². The van der Waals surface area contributed by atoms with E-state index in [0.717, 1.165) is 54.4 Å². The van der Waals surface area contributed by atoms with Crippen molar-refractivity contribution in [2.24, 2.45) is 0 Å². The van der Waals surface area contributed by atoms with Crippen molar-refractivity contribution in [1.82, 2.24) is 20.4 Å². The minimum absolute atomic E-state index is 0.138. The third-order valence-electron chi connectivity index (χ3n) is 6.05. The number of hydrogen-bond acceptors (Lipinski definition) is 10. The van der Waals surface area contributed by atoms with E-state index in [0.29, 0.717) is 35.1 Å². The Morgan fingerprint density at radius 1 is 1.17 bits per heavy atom. The molecule has 10 heteroatoms. The van der Waals surface area contributed by atoms with Crippen LogP contribution in [0.2, 0.25) is 0 Å². The summed E-state index contributed by atoms with van der Waals surface area (Å²) in [6.45, 7) is 7.80. The zero-order chi connectivity index (χ0) is 24.9. The van der Waals surface area contributed by atoms with Crippen molar-refractivity contribution in [3.63, 3.8) is 0 Å². The first-order valence-corrected chi connectivity index (χ1v) is 11.9. The number of aliphatic hydroxyl groups is 1. The van der Waals surface area contributed by atoms with E-state index in [4.69, 9.17) is 29.7 Å². The Hall–Kier alpha value is -3.21. The predicted octanol–water partition coefficient (Wildman–Crippen LogP) is 2.86. The highest BCUT2D eigenvalue weighted by atomic mass is 16.5. The van der Waals surface area contributed by atoms with Crippen molar-refractivity contribution in [2.75, 3.05) is 44.5 Å². The lowest BCUT2D eigenvalue weighted by molar-refractivity contribution is 0.0904. The van der Waals surface area contributed by atoms with Crippen LogP contribution >= 0.6 is 0 Å². The number of aromatic nitrogens is 3. The zero-order valence-corrected chi connectivity index (χ0v) is 20.7. The number of benzene rings is 1. The van der Waals surface area contributed by atoms with E-state index in [2.05, 4.69) is 15.8 Å². The molecule has 0 aliphatic carbocycles. The van der Waals surface area contributed by atoms with Gasteiger partial charge in [0.2, 0.25) is 0 Å². The van der Waals surface area contributed by atoms with Gasteiger partial charge in [-0.1, -0.05) is 5.16 Å². The number of nitrogens with one attached hydrogen (secondary N) is 2. The van der Waals surface area contributed by atoms with Crippen LogP contribution < -0.4 is 21.1 Å². The minimum atomic E-state index is -0.637. The summed E-state index contributed by atoms with van der Waals surface area (Å²) >= 11 is 0. The fraction of sp³-hybridized carbons (Fsp3) is 0.480. The molecule has 0 saturated carbocycles. The first kappa shape index (κ1) is 24.9. The van der Waals surface area contributed by atoms with Crippen molar-refractivity contribution < 1.29 is 19.1 Å². The van der Waals surface area contributed by atoms with Crippen LogP contribution in [0.15, 0.2) is 22.7 Å². The van der Waals surface area contributed by atoms with Crippen LogP contribution in [0, 0.1) is 20.8 Å². The van der Waals surface area contributed by atoms with Crippen LogP contribution in [0.25, 0.3) is 22.6 Å². The van der Waals surface area contributed by atoms with Crippen molar-refractivity contribution in [2.45, 2.75) is 45.8 Å². The molecule has 3 aromatic rings. The van der Waals surface area contributed by atoms with E-state index < -0.39 is 6.10 Å². The van der Waals surface area contributed by atoms with Crippen LogP contribution in [-0.2, 0) is 4.74 Å². The van der Waals surface area contributed by atoms with Gasteiger partial charge in [-0.2, -0.15) is 0 Å². The van der Waals surface area contributed by atoms with Gasteiger partial charge in [-0.3, -0.25) is 0 Å². The second kappa shape index (κ2) is 11.0. The largest absolute Gasteiger partial charge is 0.491 e. The Kier molecular flexibility index (Phi) is 7.84. The van der Waals surface area contributed by atoms with Gasteiger partial charge in [0, 0.05) is 48.7 Å². The molecule has 0 bridgehead atoms. The second-order valence-corrected chi connectivity index (χ2v) is 8.91. The summed E-state index contributed by atoms with van der Waals surface area (Å²) in [5, 5.41) is 20.7. The van der Waals surface area contributed by atoms with E-state index in [-0.39, 0.29) is 12.6 Å². The van der Waals surface area contributed by atoms with E-state index in [1.165, 1.54) is 0 Å². The normalized spacial score (nSPS) is 15.2. The van der Waals surface area contributed by atoms with Gasteiger partial charge < -0.3 is 35.5 Å². The fourth-order valence-electron chi connectivity index (χ4n) is 4.21. The Balaban J connectivity index is 1.75. The van der Waals surface area contributed by atoms with E-state index >= 15 is 0 Å². The molecule has 1 saturated heterocycles. The van der Waals surface area contributed by atoms with Crippen LogP contribution in [0.5, 0.6) is 5.75 Å². The first-order chi connectivity index (χ1) is 16.9. The molecule has 1 unspecified atom stereocenters. The summed E-state index contributed by atoms with van der Waals surface area (Å²) in [5.41, 5.74) is 10.7. The van der Waals surface area contributed by atoms with E-state index in [9.17, 15) is 5.11 Å². The second-order valence-electron chi connectivity index (χ2n) is 8.91. The van der Waals surface area contributed by atoms with Gasteiger partial charge in [0.25, 0.3) is 0 Å². The molecule has 1 aromatic carbocycles. The highest BCUT2D eigenvalue weighted by molar-refractivity contribution is 5.75. The summed E-state index contributed by atoms with van der Waals surface area (Å²) in [7, 11) is 1.78. The topological polar surface area (TPSA) is 141 Å². The smallest absolute Gasteiger partial charge is 0.162 e. The third-order valence-corrected chi connectivity index (χ3v) is 6.05. The summed E-state index contributed by atoms with van der Waals surface area (Å²) < 4.78 is 16.7. The number of hydrogen-bond donors (Lipinski definition) is 4. The SMILES string of the molecule is CNCC(O)COc1cc(N)cc(-c2nc(NC3CCOCC3)c(C)c(-c3c(C)noc3C)n2)c1. The van der Waals surface area contributed by atoms with Crippen molar-refractivity contribution >= 4 is 11.5 Å². The fourth-order valence-corrected chi connectivity index (χ4v) is 4.21. The molecule has 1 aliphatic rings. The lowest BCUT2D eigenvalue weighted by Gasteiger charge is -2.25. The number of aryl methyl sites for hydroxylation is 2. The lowest BCUT2D eigenvalue weighted by Crippen LogP contribution is -2.29. The number of ether oxygens (including phenoxy) is 2. The molecule has 0 radical (unpaired) electrons. The Labute approximate surface area is 205 Å². The molecular formula is C25H34N6O4. The summed E-state index contributed by atoms with van der Waals surface area (Å²) in [4.78, 5) is 9.81. The maximum absolute atomic E-state index is 10.0. The first-order valence-electron chi connectivity index (χ1n) is 11.9. The number of nitrogens with zero attached hydrogens (tertiary/aromatic N) is 3. The molecule has 4 rings (SSSR count). The molecule has 5 N–H and O–H groups in total. The van der Waals surface area contributed by atoms with Gasteiger partial charge in [0.15, 0.2) is 5.82 Å². The maximum Gasteiger partial charge on any atom is 0.162 e. The third kappa shape index (κ3) is 5.90. The predicted molar refractivity (Wildman–Crippen MR) is 134 cm³/mol. The highest BCUT2D eigenvalue weighted by Crippen LogP contribution is 2.35. The average Bonchev–Trinajstić information content (AvgIpc) is 3.17. The minimum Gasteiger partial charge on any atom is -0.491 e. The Morgan fingerprint density at radius 2 is 1.94 bits per heavy atom. The van der Waals surface area contributed by atoms with E-state index in [1.807, 2.05) is 32.9 Å². The molecule has 2 aromatic heterocycles. The van der Waals surface area contributed by atoms with Crippen LogP contribution in [0.3, 0.4) is 0 Å². The number of rotatable bonds is 9. The Bertz CT molecular complexity index is 1140. The number of anilines is 2. The summed E-state index contributed by atoms with van der Waals surface area (Å²) in [6, 6.07) is 5.63. The number of aliphatic hydroxyl groups excluding tert-OH is 1. The highest BCUT2D eigenvalue weighted by Gasteiger charge is 2.23. The molecule has 3 heterocycles. The van der Waals surface area contributed by atoms with Crippen LogP contribution in [0.1, 0.15) is 29.9 Å². The number of nitrogen functional groups attached to an aromatic ring is 1. The maximum atomic E-state index is 10.0. The van der Waals surface area contributed by atoms with Gasteiger partial charge in [0.1, 0.15) is 30.0 Å². The molecule has 1 fully saturated rings. The lowest BCUT2D eigenvalue weighted by atomic mass is 10.0. The van der Waals surface area contributed by atoms with Crippen molar-refractivity contribution in [1.29, 1.82) is 0 Å². The molecular weight excluding hydrogens is 448 g/mol. The van der Waals surface area contributed by atoms with Gasteiger partial charge in [-0.15, -0.1) is 0 Å². The van der Waals surface area contributed by atoms with Gasteiger partial charge in [-0.25, -0.2) is 9.97 Å². The molecule has 1 atom stereocenters. The standard InChI is InChI=1S/C25H34N6O4/c1-14-23(22-15(2)31-35-16(22)3)29-25(30-24(14)28-19-5-7-33-8-6-19)17-9-18(26)11-21(10-17)34-13-20(32)12-27-4/h9-11,19-20,27,32H,5-8,12-13,26H2,1-4H3,(H,28,29,30). The van der Waals surface area contributed by atoms with Crippen molar-refractivity contribution in [3.05, 3.63) is 35.2 Å². The molecule has 0 amide bonds. The van der Waals surface area contributed by atoms with Gasteiger partial charge in [-0.05, 0) is 52.8 Å². The number of nitrogens with two attached hydrogens (primary N) is 1. The Morgan fingerprint density at radius 3 is 2.63 bits per heavy atom. The molecule has 0 spiro atoms. The molecule has 1 aliphatic heterocycles. The van der Waals surface area contributed by atoms with Gasteiger partial charge in [0.05, 0.1) is 17.0 Å². The van der Waals surface area contributed by atoms with Crippen LogP contribution in [-0.4, -0.2) is 65.8 Å². The van der Waals surface area contributed by atoms with E-state index in [1.54, 1.807) is 13.1 Å². The molecule has 188 valence electrons.